The van der Waals surface area contributed by atoms with Crippen LogP contribution in [0.3, 0.4) is 0 Å². The van der Waals surface area contributed by atoms with Gasteiger partial charge in [0.15, 0.2) is 11.5 Å². The van der Waals surface area contributed by atoms with Gasteiger partial charge in [0.05, 0.1) is 24.8 Å². The molecule has 1 saturated carbocycles. The van der Waals surface area contributed by atoms with Crippen LogP contribution in [0.25, 0.3) is 0 Å². The van der Waals surface area contributed by atoms with Gasteiger partial charge in [0.2, 0.25) is 0 Å². The Morgan fingerprint density at radius 2 is 2.05 bits per heavy atom. The summed E-state index contributed by atoms with van der Waals surface area (Å²) in [5.74, 6) is 2.43. The molecule has 1 aliphatic carbocycles. The molecule has 0 saturated heterocycles. The molecule has 20 heavy (non-hydrogen) atoms. The lowest BCUT2D eigenvalue weighted by Gasteiger charge is -2.26. The van der Waals surface area contributed by atoms with Gasteiger partial charge in [-0.1, -0.05) is 0 Å². The maximum absolute atomic E-state index is 6.24. The van der Waals surface area contributed by atoms with Gasteiger partial charge >= 0.3 is 0 Å². The fraction of sp³-hybridized carbons (Fsp3) is 0.600. The molecule has 2 N–H and O–H groups in total. The van der Waals surface area contributed by atoms with Gasteiger partial charge in [0.25, 0.3) is 0 Å². The molecule has 5 heteroatoms. The molecule has 1 fully saturated rings. The van der Waals surface area contributed by atoms with Crippen LogP contribution in [-0.4, -0.2) is 26.4 Å². The zero-order valence-electron chi connectivity index (χ0n) is 11.9. The first kappa shape index (κ1) is 14.0. The van der Waals surface area contributed by atoms with E-state index < -0.39 is 0 Å². The Morgan fingerprint density at radius 3 is 2.65 bits per heavy atom. The van der Waals surface area contributed by atoms with Gasteiger partial charge in [-0.15, -0.1) is 0 Å². The largest absolute Gasteiger partial charge is 0.495 e. The zero-order valence-corrected chi connectivity index (χ0v) is 13.5. The number of rotatable bonds is 3. The van der Waals surface area contributed by atoms with E-state index in [4.69, 9.17) is 19.9 Å². The lowest BCUT2D eigenvalue weighted by Crippen LogP contribution is -2.32. The van der Waals surface area contributed by atoms with Crippen LogP contribution in [0, 0.1) is 0 Å². The van der Waals surface area contributed by atoms with Crippen molar-refractivity contribution >= 4 is 15.9 Å². The summed E-state index contributed by atoms with van der Waals surface area (Å²) in [5, 5.41) is 0. The quantitative estimate of drug-likeness (QED) is 0.918. The lowest BCUT2D eigenvalue weighted by molar-refractivity contribution is 0.293. The summed E-state index contributed by atoms with van der Waals surface area (Å²) in [7, 11) is 1.69. The second-order valence-corrected chi connectivity index (χ2v) is 6.44. The van der Waals surface area contributed by atoms with Gasteiger partial charge < -0.3 is 19.9 Å². The smallest absolute Gasteiger partial charge is 0.168 e. The van der Waals surface area contributed by atoms with E-state index in [1.165, 1.54) is 0 Å². The van der Waals surface area contributed by atoms with Gasteiger partial charge in [-0.25, -0.2) is 0 Å². The van der Waals surface area contributed by atoms with Gasteiger partial charge in [-0.05, 0) is 35.7 Å². The van der Waals surface area contributed by atoms with E-state index in [2.05, 4.69) is 22.9 Å². The van der Waals surface area contributed by atoms with Gasteiger partial charge in [-0.2, -0.15) is 0 Å². The van der Waals surface area contributed by atoms with Gasteiger partial charge in [-0.3, -0.25) is 0 Å². The van der Waals surface area contributed by atoms with Crippen LogP contribution in [-0.2, 0) is 5.41 Å². The van der Waals surface area contributed by atoms with E-state index in [1.54, 1.807) is 7.11 Å². The number of hydrogen-bond acceptors (Lipinski definition) is 4. The maximum Gasteiger partial charge on any atom is 0.168 e. The highest BCUT2D eigenvalue weighted by molar-refractivity contribution is 9.10. The normalized spacial score (nSPS) is 21.0. The molecular weight excluding hydrogens is 322 g/mol. The number of fused-ring (bicyclic) bond motifs is 1. The Bertz CT molecular complexity index is 526. The third-order valence-electron chi connectivity index (χ3n) is 4.31. The zero-order chi connectivity index (χ0) is 14.3. The molecule has 4 nitrogen and oxygen atoms in total. The van der Waals surface area contributed by atoms with Crippen molar-refractivity contribution in [3.63, 3.8) is 0 Å². The molecule has 0 amide bonds. The molecule has 0 spiro atoms. The predicted octanol–water partition coefficient (Wildman–Crippen LogP) is 3.00. The highest BCUT2D eigenvalue weighted by Gasteiger charge is 2.52. The summed E-state index contributed by atoms with van der Waals surface area (Å²) >= 11 is 3.58. The molecule has 1 aliphatic heterocycles. The minimum atomic E-state index is -0.0487. The molecule has 1 atom stereocenters. The molecule has 2 aliphatic rings. The van der Waals surface area contributed by atoms with Crippen molar-refractivity contribution in [2.45, 2.75) is 37.6 Å². The fourth-order valence-corrected chi connectivity index (χ4v) is 3.55. The van der Waals surface area contributed by atoms with Crippen molar-refractivity contribution in [3.05, 3.63) is 16.1 Å². The monoisotopic (exact) mass is 341 g/mol. The van der Waals surface area contributed by atoms with Crippen LogP contribution in [0.15, 0.2) is 10.5 Å². The van der Waals surface area contributed by atoms with E-state index in [1.807, 2.05) is 6.07 Å². The van der Waals surface area contributed by atoms with Crippen molar-refractivity contribution in [2.75, 3.05) is 20.3 Å². The van der Waals surface area contributed by atoms with Crippen LogP contribution >= 0.6 is 15.9 Å². The standard InChI is InChI=1S/C15H20BrNO3/c1-9(17)15(4-5-15)12-13(18-2)10(16)8-11-14(12)20-7-3-6-19-11/h8-9H,3-7,17H2,1-2H3. The average Bonchev–Trinajstić information content (AvgIpc) is 3.21. The third-order valence-corrected chi connectivity index (χ3v) is 4.90. The van der Waals surface area contributed by atoms with Crippen LogP contribution < -0.4 is 19.9 Å². The van der Waals surface area contributed by atoms with Crippen LogP contribution in [0.2, 0.25) is 0 Å². The molecule has 1 unspecified atom stereocenters. The summed E-state index contributed by atoms with van der Waals surface area (Å²) in [6, 6.07) is 1.99. The summed E-state index contributed by atoms with van der Waals surface area (Å²) in [6.07, 6.45) is 3.01. The van der Waals surface area contributed by atoms with Crippen molar-refractivity contribution < 1.29 is 14.2 Å². The highest BCUT2D eigenvalue weighted by atomic mass is 79.9. The van der Waals surface area contributed by atoms with E-state index in [9.17, 15) is 0 Å². The van der Waals surface area contributed by atoms with Gasteiger partial charge in [0.1, 0.15) is 5.75 Å². The number of ether oxygens (including phenoxy) is 3. The topological polar surface area (TPSA) is 53.7 Å². The lowest BCUT2D eigenvalue weighted by atomic mass is 9.87. The van der Waals surface area contributed by atoms with E-state index in [0.29, 0.717) is 13.2 Å². The molecule has 1 heterocycles. The first-order chi connectivity index (χ1) is 9.60. The number of nitrogens with two attached hydrogens (primary N) is 1. The summed E-state index contributed by atoms with van der Waals surface area (Å²) < 4.78 is 18.3. The highest BCUT2D eigenvalue weighted by Crippen LogP contribution is 2.60. The summed E-state index contributed by atoms with van der Waals surface area (Å²) in [5.41, 5.74) is 7.27. The Hall–Kier alpha value is -0.940. The first-order valence-corrected chi connectivity index (χ1v) is 7.81. The van der Waals surface area contributed by atoms with Crippen molar-refractivity contribution in [2.24, 2.45) is 5.73 Å². The maximum atomic E-state index is 6.24. The number of methoxy groups -OCH3 is 1. The van der Waals surface area contributed by atoms with E-state index in [0.717, 1.165) is 46.5 Å². The molecule has 0 radical (unpaired) electrons. The summed E-state index contributed by atoms with van der Waals surface area (Å²) in [6.45, 7) is 3.40. The Kier molecular flexibility index (Phi) is 3.58. The first-order valence-electron chi connectivity index (χ1n) is 7.02. The van der Waals surface area contributed by atoms with E-state index in [-0.39, 0.29) is 11.5 Å². The second kappa shape index (κ2) is 5.11. The Balaban J connectivity index is 2.22. The molecule has 1 aromatic carbocycles. The average molecular weight is 342 g/mol. The van der Waals surface area contributed by atoms with Crippen molar-refractivity contribution in [1.82, 2.24) is 0 Å². The van der Waals surface area contributed by atoms with E-state index >= 15 is 0 Å². The SMILES string of the molecule is COc1c(Br)cc2c(c1C1(C(C)N)CC1)OCCCO2. The Labute approximate surface area is 127 Å². The van der Waals surface area contributed by atoms with Crippen LogP contribution in [0.4, 0.5) is 0 Å². The minimum absolute atomic E-state index is 0.0487. The number of benzene rings is 1. The molecular formula is C15H20BrNO3. The molecule has 110 valence electrons. The Morgan fingerprint density at radius 1 is 1.35 bits per heavy atom. The van der Waals surface area contributed by atoms with Crippen LogP contribution in [0.1, 0.15) is 31.7 Å². The molecule has 0 bridgehead atoms. The number of halogens is 1. The number of hydrogen-bond donors (Lipinski definition) is 1. The van der Waals surface area contributed by atoms with Crippen molar-refractivity contribution in [3.8, 4) is 17.2 Å². The fourth-order valence-electron chi connectivity index (χ4n) is 2.98. The molecule has 0 aromatic heterocycles. The molecule has 3 rings (SSSR count). The van der Waals surface area contributed by atoms with Gasteiger partial charge in [0, 0.05) is 29.5 Å². The molecule has 1 aromatic rings. The summed E-state index contributed by atoms with van der Waals surface area (Å²) in [4.78, 5) is 0. The third kappa shape index (κ3) is 2.07. The van der Waals surface area contributed by atoms with Crippen molar-refractivity contribution in [1.29, 1.82) is 0 Å². The predicted molar refractivity (Wildman–Crippen MR) is 80.9 cm³/mol. The second-order valence-electron chi connectivity index (χ2n) is 5.59. The van der Waals surface area contributed by atoms with Crippen LogP contribution in [0.5, 0.6) is 17.2 Å². The minimum Gasteiger partial charge on any atom is -0.495 e.